The Morgan fingerprint density at radius 1 is 1.07 bits per heavy atom. The molecule has 0 atom stereocenters. The Hall–Kier alpha value is -0.790. The van der Waals surface area contributed by atoms with E-state index in [0.29, 0.717) is 5.57 Å². The Labute approximate surface area is 93.4 Å². The van der Waals surface area contributed by atoms with Crippen molar-refractivity contribution in [2.45, 2.75) is 65.2 Å². The molecule has 2 nitrogen and oxygen atoms in total. The Kier molecular flexibility index (Phi) is 9.24. The van der Waals surface area contributed by atoms with E-state index in [4.69, 9.17) is 5.11 Å². The number of aliphatic carboxylic acids is 1. The third-order valence-electron chi connectivity index (χ3n) is 2.52. The third-order valence-corrected chi connectivity index (χ3v) is 2.52. The van der Waals surface area contributed by atoms with Crippen molar-refractivity contribution in [1.29, 1.82) is 0 Å². The summed E-state index contributed by atoms with van der Waals surface area (Å²) in [5.41, 5.74) is 0.605. The van der Waals surface area contributed by atoms with Crippen LogP contribution >= 0.6 is 0 Å². The topological polar surface area (TPSA) is 37.3 Å². The smallest absolute Gasteiger partial charge is 0.331 e. The maximum atomic E-state index is 10.9. The summed E-state index contributed by atoms with van der Waals surface area (Å²) in [5.74, 6) is -0.737. The van der Waals surface area contributed by atoms with Gasteiger partial charge in [-0.05, 0) is 25.7 Å². The molecule has 0 radical (unpaired) electrons. The minimum Gasteiger partial charge on any atom is -0.478 e. The predicted octanol–water partition coefficient (Wildman–Crippen LogP) is 4.16. The fourth-order valence-electron chi connectivity index (χ4n) is 1.51. The Balaban J connectivity index is 3.79. The Morgan fingerprint density at radius 2 is 1.73 bits per heavy atom. The van der Waals surface area contributed by atoms with Crippen molar-refractivity contribution in [3.63, 3.8) is 0 Å². The van der Waals surface area contributed by atoms with Gasteiger partial charge >= 0.3 is 5.97 Å². The minimum atomic E-state index is -0.737. The van der Waals surface area contributed by atoms with Gasteiger partial charge in [0.25, 0.3) is 0 Å². The maximum absolute atomic E-state index is 10.9. The molecular weight excluding hydrogens is 188 g/mol. The molecule has 0 aliphatic rings. The molecule has 0 unspecified atom stereocenters. The average Bonchev–Trinajstić information content (AvgIpc) is 2.21. The summed E-state index contributed by atoms with van der Waals surface area (Å²) >= 11 is 0. The molecule has 1 N–H and O–H groups in total. The van der Waals surface area contributed by atoms with Crippen LogP contribution in [0.15, 0.2) is 11.6 Å². The molecule has 0 amide bonds. The number of allylic oxidation sites excluding steroid dienone is 1. The summed E-state index contributed by atoms with van der Waals surface area (Å²) in [6.45, 7) is 4.26. The van der Waals surface area contributed by atoms with Crippen molar-refractivity contribution in [2.24, 2.45) is 0 Å². The lowest BCUT2D eigenvalue weighted by Gasteiger charge is -2.01. The van der Waals surface area contributed by atoms with Crippen LogP contribution in [0, 0.1) is 0 Å². The molecule has 0 aromatic heterocycles. The van der Waals surface area contributed by atoms with Gasteiger partial charge in [-0.1, -0.05) is 45.6 Å². The molecule has 0 heterocycles. The highest BCUT2D eigenvalue weighted by Gasteiger charge is 2.05. The standard InChI is InChI=1S/C13H24O2/c1-3-5-7-8-9-11-12(13(14)15)10-6-4-2/h11H,3-10H2,1-2H3,(H,14,15)/b12-11-. The molecule has 0 bridgehead atoms. The largest absolute Gasteiger partial charge is 0.478 e. The lowest BCUT2D eigenvalue weighted by atomic mass is 10.1. The summed E-state index contributed by atoms with van der Waals surface area (Å²) in [6, 6.07) is 0. The molecular formula is C13H24O2. The summed E-state index contributed by atoms with van der Waals surface area (Å²) in [7, 11) is 0. The zero-order valence-electron chi connectivity index (χ0n) is 10.1. The number of hydrogen-bond acceptors (Lipinski definition) is 1. The van der Waals surface area contributed by atoms with Crippen molar-refractivity contribution in [1.82, 2.24) is 0 Å². The molecule has 0 fully saturated rings. The fraction of sp³-hybridized carbons (Fsp3) is 0.769. The third kappa shape index (κ3) is 8.22. The zero-order valence-corrected chi connectivity index (χ0v) is 10.1. The molecule has 0 aliphatic heterocycles. The first-order chi connectivity index (χ1) is 7.22. The van der Waals surface area contributed by atoms with Gasteiger partial charge in [-0.3, -0.25) is 0 Å². The van der Waals surface area contributed by atoms with E-state index in [1.807, 2.05) is 6.08 Å². The van der Waals surface area contributed by atoms with Crippen LogP contribution in [0.4, 0.5) is 0 Å². The van der Waals surface area contributed by atoms with Crippen LogP contribution in [0.3, 0.4) is 0 Å². The van der Waals surface area contributed by atoms with E-state index in [0.717, 1.165) is 32.1 Å². The predicted molar refractivity (Wildman–Crippen MR) is 64.0 cm³/mol. The first kappa shape index (κ1) is 14.2. The van der Waals surface area contributed by atoms with Crippen LogP contribution in [0.5, 0.6) is 0 Å². The second-order valence-electron chi connectivity index (χ2n) is 3.99. The Morgan fingerprint density at radius 3 is 2.27 bits per heavy atom. The van der Waals surface area contributed by atoms with E-state index in [2.05, 4.69) is 13.8 Å². The SMILES string of the molecule is CCCCCC/C=C(/CCCC)C(=O)O. The van der Waals surface area contributed by atoms with Gasteiger partial charge in [0.1, 0.15) is 0 Å². The number of rotatable bonds is 9. The van der Waals surface area contributed by atoms with Crippen LogP contribution in [0.1, 0.15) is 65.2 Å². The van der Waals surface area contributed by atoms with Gasteiger partial charge in [0, 0.05) is 5.57 Å². The monoisotopic (exact) mass is 212 g/mol. The van der Waals surface area contributed by atoms with E-state index in [1.54, 1.807) is 0 Å². The Bertz CT molecular complexity index is 195. The molecule has 0 saturated heterocycles. The number of carboxylic acids is 1. The second-order valence-corrected chi connectivity index (χ2v) is 3.99. The van der Waals surface area contributed by atoms with E-state index >= 15 is 0 Å². The molecule has 88 valence electrons. The molecule has 0 aliphatic carbocycles. The lowest BCUT2D eigenvalue weighted by Crippen LogP contribution is -2.00. The first-order valence-electron chi connectivity index (χ1n) is 6.14. The van der Waals surface area contributed by atoms with Gasteiger partial charge in [0.15, 0.2) is 0 Å². The molecule has 0 aromatic carbocycles. The summed E-state index contributed by atoms with van der Waals surface area (Å²) < 4.78 is 0. The highest BCUT2D eigenvalue weighted by atomic mass is 16.4. The van der Waals surface area contributed by atoms with Crippen LogP contribution < -0.4 is 0 Å². The summed E-state index contributed by atoms with van der Waals surface area (Å²) in [5, 5.41) is 8.93. The molecule has 0 spiro atoms. The van der Waals surface area contributed by atoms with Gasteiger partial charge in [-0.25, -0.2) is 4.79 Å². The molecule has 15 heavy (non-hydrogen) atoms. The summed E-state index contributed by atoms with van der Waals surface area (Å²) in [4.78, 5) is 10.9. The van der Waals surface area contributed by atoms with Gasteiger partial charge in [0.05, 0.1) is 0 Å². The van der Waals surface area contributed by atoms with Crippen LogP contribution in [-0.2, 0) is 4.79 Å². The van der Waals surface area contributed by atoms with Crippen LogP contribution in [-0.4, -0.2) is 11.1 Å². The van der Waals surface area contributed by atoms with Crippen molar-refractivity contribution in [2.75, 3.05) is 0 Å². The highest BCUT2D eigenvalue weighted by molar-refractivity contribution is 5.86. The quantitative estimate of drug-likeness (QED) is 0.460. The van der Waals surface area contributed by atoms with Gasteiger partial charge < -0.3 is 5.11 Å². The van der Waals surface area contributed by atoms with Crippen LogP contribution in [0.25, 0.3) is 0 Å². The van der Waals surface area contributed by atoms with Gasteiger partial charge in [0.2, 0.25) is 0 Å². The van der Waals surface area contributed by atoms with E-state index in [-0.39, 0.29) is 0 Å². The van der Waals surface area contributed by atoms with E-state index < -0.39 is 5.97 Å². The van der Waals surface area contributed by atoms with E-state index in [1.165, 1.54) is 19.3 Å². The number of carboxylic acid groups (broad SMARTS) is 1. The van der Waals surface area contributed by atoms with Crippen molar-refractivity contribution >= 4 is 5.97 Å². The maximum Gasteiger partial charge on any atom is 0.331 e. The number of hydrogen-bond donors (Lipinski definition) is 1. The number of carbonyl (C=O) groups is 1. The molecule has 2 heteroatoms. The van der Waals surface area contributed by atoms with Gasteiger partial charge in [-0.2, -0.15) is 0 Å². The van der Waals surface area contributed by atoms with E-state index in [9.17, 15) is 4.79 Å². The zero-order chi connectivity index (χ0) is 11.5. The van der Waals surface area contributed by atoms with Crippen molar-refractivity contribution in [3.05, 3.63) is 11.6 Å². The summed E-state index contributed by atoms with van der Waals surface area (Å²) in [6.07, 6.45) is 10.4. The van der Waals surface area contributed by atoms with Gasteiger partial charge in [-0.15, -0.1) is 0 Å². The minimum absolute atomic E-state index is 0.605. The molecule has 0 saturated carbocycles. The average molecular weight is 212 g/mol. The van der Waals surface area contributed by atoms with Crippen molar-refractivity contribution in [3.8, 4) is 0 Å². The lowest BCUT2D eigenvalue weighted by molar-refractivity contribution is -0.132. The normalized spacial score (nSPS) is 11.7. The van der Waals surface area contributed by atoms with Crippen molar-refractivity contribution < 1.29 is 9.90 Å². The molecule has 0 aromatic rings. The fourth-order valence-corrected chi connectivity index (χ4v) is 1.51. The van der Waals surface area contributed by atoms with Crippen LogP contribution in [0.2, 0.25) is 0 Å². The second kappa shape index (κ2) is 9.75. The highest BCUT2D eigenvalue weighted by Crippen LogP contribution is 2.11. The first-order valence-corrected chi connectivity index (χ1v) is 6.14. The number of unbranched alkanes of at least 4 members (excludes halogenated alkanes) is 5. The molecule has 0 rings (SSSR count).